The van der Waals surface area contributed by atoms with E-state index in [1.807, 2.05) is 18.2 Å². The van der Waals surface area contributed by atoms with E-state index in [9.17, 15) is 9.59 Å². The Bertz CT molecular complexity index is 995. The molecule has 188 valence electrons. The summed E-state index contributed by atoms with van der Waals surface area (Å²) in [5, 5.41) is 6.54. The molecule has 2 aromatic carbocycles. The molecule has 1 aliphatic carbocycles. The third-order valence-electron chi connectivity index (χ3n) is 7.97. The Morgan fingerprint density at radius 1 is 1.06 bits per heavy atom. The van der Waals surface area contributed by atoms with Gasteiger partial charge in [0, 0.05) is 5.69 Å². The first-order valence-electron chi connectivity index (χ1n) is 13.4. The van der Waals surface area contributed by atoms with Gasteiger partial charge >= 0.3 is 0 Å². The smallest absolute Gasteiger partial charge is 0.241 e. The second-order valence-corrected chi connectivity index (χ2v) is 10.9. The summed E-state index contributed by atoms with van der Waals surface area (Å²) in [6, 6.07) is 15.7. The Balaban J connectivity index is 1.54. The fourth-order valence-corrected chi connectivity index (χ4v) is 5.79. The minimum Gasteiger partial charge on any atom is -0.368 e. The van der Waals surface area contributed by atoms with Crippen molar-refractivity contribution < 1.29 is 9.59 Å². The summed E-state index contributed by atoms with van der Waals surface area (Å²) in [6.07, 6.45) is 9.53. The lowest BCUT2D eigenvalue weighted by Crippen LogP contribution is -2.54. The van der Waals surface area contributed by atoms with Gasteiger partial charge in [0.1, 0.15) is 0 Å². The van der Waals surface area contributed by atoms with Crippen molar-refractivity contribution in [2.24, 2.45) is 17.6 Å². The van der Waals surface area contributed by atoms with Crippen LogP contribution in [-0.2, 0) is 22.4 Å². The van der Waals surface area contributed by atoms with Gasteiger partial charge in [-0.05, 0) is 66.2 Å². The van der Waals surface area contributed by atoms with Crippen LogP contribution in [0.4, 0.5) is 5.69 Å². The Kier molecular flexibility index (Phi) is 8.61. The summed E-state index contributed by atoms with van der Waals surface area (Å²) >= 11 is 0. The monoisotopic (exact) mass is 475 g/mol. The predicted molar refractivity (Wildman–Crippen MR) is 142 cm³/mol. The molecule has 35 heavy (non-hydrogen) atoms. The molecular weight excluding hydrogens is 434 g/mol. The van der Waals surface area contributed by atoms with E-state index in [1.165, 1.54) is 43.2 Å². The molecule has 3 atom stereocenters. The number of carbonyl (C=O) groups excluding carboxylic acids is 2. The number of benzene rings is 2. The molecule has 4 rings (SSSR count). The number of carbonyl (C=O) groups is 2. The maximum atomic E-state index is 13.5. The second kappa shape index (κ2) is 11.9. The van der Waals surface area contributed by atoms with Crippen LogP contribution >= 0.6 is 0 Å². The zero-order valence-electron chi connectivity index (χ0n) is 21.3. The summed E-state index contributed by atoms with van der Waals surface area (Å²) in [5.41, 5.74) is 10.4. The number of anilines is 1. The predicted octanol–water partition coefficient (Wildman–Crippen LogP) is 5.34. The van der Waals surface area contributed by atoms with E-state index in [0.29, 0.717) is 18.3 Å². The summed E-state index contributed by atoms with van der Waals surface area (Å²) in [6.45, 7) is 4.39. The molecule has 4 N–H and O–H groups in total. The highest BCUT2D eigenvalue weighted by Crippen LogP contribution is 2.30. The SMILES string of the molecule is CC(C)c1ccc(CC2Cc3ccccc3NC(=O)[C@H]2N[C@@H](CCC2CCCCC2)C(N)=O)cc1. The molecule has 1 aliphatic heterocycles. The van der Waals surface area contributed by atoms with E-state index in [0.717, 1.165) is 30.5 Å². The largest absolute Gasteiger partial charge is 0.368 e. The minimum absolute atomic E-state index is 0.0140. The molecule has 2 aromatic rings. The van der Waals surface area contributed by atoms with Crippen LogP contribution in [0.25, 0.3) is 0 Å². The van der Waals surface area contributed by atoms with Gasteiger partial charge in [-0.15, -0.1) is 0 Å². The van der Waals surface area contributed by atoms with Crippen LogP contribution in [0.3, 0.4) is 0 Å². The molecule has 0 spiro atoms. The highest BCUT2D eigenvalue weighted by Gasteiger charge is 2.35. The van der Waals surface area contributed by atoms with Gasteiger partial charge in [0.15, 0.2) is 0 Å². The zero-order chi connectivity index (χ0) is 24.8. The van der Waals surface area contributed by atoms with Crippen LogP contribution in [-0.4, -0.2) is 23.9 Å². The Morgan fingerprint density at radius 2 is 1.77 bits per heavy atom. The van der Waals surface area contributed by atoms with Crippen LogP contribution in [0.2, 0.25) is 0 Å². The van der Waals surface area contributed by atoms with E-state index in [1.54, 1.807) is 0 Å². The van der Waals surface area contributed by atoms with Gasteiger partial charge in [-0.3, -0.25) is 14.9 Å². The zero-order valence-corrected chi connectivity index (χ0v) is 21.3. The number of amides is 2. The average molecular weight is 476 g/mol. The van der Waals surface area contributed by atoms with Gasteiger partial charge in [-0.25, -0.2) is 0 Å². The van der Waals surface area contributed by atoms with Crippen molar-refractivity contribution in [1.82, 2.24) is 5.32 Å². The van der Waals surface area contributed by atoms with Gasteiger partial charge in [0.2, 0.25) is 11.8 Å². The van der Waals surface area contributed by atoms with Crippen molar-refractivity contribution in [1.29, 1.82) is 0 Å². The third-order valence-corrected chi connectivity index (χ3v) is 7.97. The number of nitrogens with one attached hydrogen (secondary N) is 2. The van der Waals surface area contributed by atoms with Crippen molar-refractivity contribution in [2.45, 2.75) is 89.6 Å². The van der Waals surface area contributed by atoms with Crippen LogP contribution in [0.1, 0.15) is 81.4 Å². The average Bonchev–Trinajstić information content (AvgIpc) is 2.98. The highest BCUT2D eigenvalue weighted by atomic mass is 16.2. The maximum absolute atomic E-state index is 13.5. The standard InChI is InChI=1S/C30H41N3O2/c1-20(2)23-15-12-22(13-16-23)18-25-19-24-10-6-7-11-26(24)33-30(35)28(25)32-27(29(31)34)17-14-21-8-4-3-5-9-21/h6-7,10-13,15-16,20-21,25,27-28,32H,3-5,8-9,14,17-19H2,1-2H3,(H2,31,34)(H,33,35)/t25?,27-,28-/m0/s1. The fraction of sp³-hybridized carbons (Fsp3) is 0.533. The molecule has 0 bridgehead atoms. The van der Waals surface area contributed by atoms with Crippen LogP contribution in [0, 0.1) is 11.8 Å². The lowest BCUT2D eigenvalue weighted by Gasteiger charge is -2.30. The number of rotatable bonds is 9. The number of para-hydroxylation sites is 1. The second-order valence-electron chi connectivity index (χ2n) is 10.9. The minimum atomic E-state index is -0.500. The molecule has 0 saturated heterocycles. The van der Waals surface area contributed by atoms with Crippen molar-refractivity contribution in [2.75, 3.05) is 5.32 Å². The molecule has 2 aliphatic rings. The molecule has 0 aromatic heterocycles. The highest BCUT2D eigenvalue weighted by molar-refractivity contribution is 5.97. The normalized spacial score (nSPS) is 21.7. The third kappa shape index (κ3) is 6.72. The number of nitrogens with two attached hydrogens (primary N) is 1. The summed E-state index contributed by atoms with van der Waals surface area (Å²) in [7, 11) is 0. The molecule has 5 heteroatoms. The van der Waals surface area contributed by atoms with Crippen LogP contribution in [0.5, 0.6) is 0 Å². The first kappa shape index (κ1) is 25.4. The number of primary amides is 1. The summed E-state index contributed by atoms with van der Waals surface area (Å²) < 4.78 is 0. The van der Waals surface area contributed by atoms with E-state index in [-0.39, 0.29) is 17.7 Å². The first-order chi connectivity index (χ1) is 16.9. The van der Waals surface area contributed by atoms with Crippen molar-refractivity contribution in [3.8, 4) is 0 Å². The van der Waals surface area contributed by atoms with Gasteiger partial charge in [0.05, 0.1) is 12.1 Å². The van der Waals surface area contributed by atoms with Gasteiger partial charge in [-0.2, -0.15) is 0 Å². The summed E-state index contributed by atoms with van der Waals surface area (Å²) in [4.78, 5) is 25.9. The lowest BCUT2D eigenvalue weighted by atomic mass is 9.84. The fourth-order valence-electron chi connectivity index (χ4n) is 5.79. The number of hydrogen-bond acceptors (Lipinski definition) is 3. The van der Waals surface area contributed by atoms with Crippen LogP contribution < -0.4 is 16.4 Å². The molecular formula is C30H41N3O2. The Labute approximate surface area is 210 Å². The van der Waals surface area contributed by atoms with Crippen molar-refractivity contribution >= 4 is 17.5 Å². The van der Waals surface area contributed by atoms with E-state index in [2.05, 4.69) is 54.8 Å². The lowest BCUT2D eigenvalue weighted by molar-refractivity contribution is -0.122. The van der Waals surface area contributed by atoms with Gasteiger partial charge in [-0.1, -0.05) is 88.4 Å². The molecule has 5 nitrogen and oxygen atoms in total. The van der Waals surface area contributed by atoms with Gasteiger partial charge in [0.25, 0.3) is 0 Å². The van der Waals surface area contributed by atoms with E-state index in [4.69, 9.17) is 5.73 Å². The number of fused-ring (bicyclic) bond motifs is 1. The van der Waals surface area contributed by atoms with Crippen molar-refractivity contribution in [3.63, 3.8) is 0 Å². The molecule has 1 heterocycles. The summed E-state index contributed by atoms with van der Waals surface area (Å²) in [5.74, 6) is 0.711. The molecule has 1 unspecified atom stereocenters. The quantitative estimate of drug-likeness (QED) is 0.458. The molecule has 1 fully saturated rings. The molecule has 2 amide bonds. The molecule has 1 saturated carbocycles. The van der Waals surface area contributed by atoms with Crippen molar-refractivity contribution in [3.05, 3.63) is 65.2 Å². The van der Waals surface area contributed by atoms with Crippen LogP contribution in [0.15, 0.2) is 48.5 Å². The molecule has 0 radical (unpaired) electrons. The van der Waals surface area contributed by atoms with E-state index < -0.39 is 12.1 Å². The first-order valence-corrected chi connectivity index (χ1v) is 13.4. The van der Waals surface area contributed by atoms with Gasteiger partial charge < -0.3 is 11.1 Å². The Hall–Kier alpha value is -2.66. The Morgan fingerprint density at radius 3 is 2.46 bits per heavy atom. The number of hydrogen-bond donors (Lipinski definition) is 3. The maximum Gasteiger partial charge on any atom is 0.241 e. The van der Waals surface area contributed by atoms with E-state index >= 15 is 0 Å². The topological polar surface area (TPSA) is 84.2 Å².